The molecule has 0 fully saturated rings. The minimum atomic E-state index is -0.687. The number of β-amino-alcohol motifs (C(OH)–C–C–N with tert-alkyl or cyclic N) is 1. The van der Waals surface area contributed by atoms with Gasteiger partial charge in [-0.2, -0.15) is 0 Å². The van der Waals surface area contributed by atoms with Crippen molar-refractivity contribution in [2.45, 2.75) is 38.5 Å². The number of likely N-dealkylation sites (N-methyl/N-ethyl adjacent to an activating group) is 2. The monoisotopic (exact) mass is 563 g/mol. The van der Waals surface area contributed by atoms with Gasteiger partial charge in [-0.05, 0) is 60.7 Å². The van der Waals surface area contributed by atoms with Gasteiger partial charge in [-0.3, -0.25) is 14.6 Å². The molecule has 2 unspecified atom stereocenters. The largest absolute Gasteiger partial charge is 0.390 e. The summed E-state index contributed by atoms with van der Waals surface area (Å²) >= 11 is 0. The maximum Gasteiger partial charge on any atom is 0.256 e. The van der Waals surface area contributed by atoms with E-state index >= 15 is 0 Å². The molecule has 0 bridgehead atoms. The van der Waals surface area contributed by atoms with Crippen molar-refractivity contribution < 1.29 is 14.7 Å². The summed E-state index contributed by atoms with van der Waals surface area (Å²) in [6.07, 6.45) is 4.32. The Morgan fingerprint density at radius 3 is 2.65 bits per heavy atom. The Kier molecular flexibility index (Phi) is 9.79. The summed E-state index contributed by atoms with van der Waals surface area (Å²) in [6.45, 7) is 5.46. The molecule has 0 spiro atoms. The molecule has 2 atom stereocenters. The number of pyridine rings is 1. The Bertz CT molecular complexity index is 1320. The molecule has 2 aliphatic heterocycles. The zero-order valence-electron chi connectivity index (χ0n) is 23.1. The number of nitrogens with zero attached hydrogens (tertiary/aromatic N) is 4. The number of nitrogens with one attached hydrogen (secondary N) is 1. The van der Waals surface area contributed by atoms with Gasteiger partial charge in [0.25, 0.3) is 11.8 Å². The Labute approximate surface area is 242 Å². The van der Waals surface area contributed by atoms with Crippen molar-refractivity contribution in [3.05, 3.63) is 94.8 Å². The summed E-state index contributed by atoms with van der Waals surface area (Å²) in [5.74, 6) is -0.189. The van der Waals surface area contributed by atoms with Crippen LogP contribution in [0.3, 0.4) is 0 Å². The van der Waals surface area contributed by atoms with Gasteiger partial charge in [0, 0.05) is 70.3 Å². The van der Waals surface area contributed by atoms with Crippen LogP contribution in [0.2, 0.25) is 0 Å². The van der Waals surface area contributed by atoms with Crippen LogP contribution in [0.5, 0.6) is 0 Å². The molecule has 8 nitrogen and oxygen atoms in total. The number of aliphatic hydroxyl groups is 1. The summed E-state index contributed by atoms with van der Waals surface area (Å²) < 4.78 is 0. The van der Waals surface area contributed by atoms with Crippen LogP contribution in [-0.4, -0.2) is 83.6 Å². The number of anilines is 1. The van der Waals surface area contributed by atoms with E-state index in [1.165, 1.54) is 11.1 Å². The first-order valence-electron chi connectivity index (χ1n) is 13.8. The quantitative estimate of drug-likeness (QED) is 0.438. The molecule has 212 valence electrons. The van der Waals surface area contributed by atoms with E-state index in [1.54, 1.807) is 35.2 Å². The number of benzene rings is 2. The third kappa shape index (κ3) is 6.46. The van der Waals surface area contributed by atoms with E-state index in [2.05, 4.69) is 34.3 Å². The lowest BCUT2D eigenvalue weighted by Crippen LogP contribution is -2.50. The molecule has 0 aliphatic carbocycles. The Hall–Kier alpha value is -3.46. The number of halogens is 1. The van der Waals surface area contributed by atoms with E-state index in [0.29, 0.717) is 43.9 Å². The van der Waals surface area contributed by atoms with Gasteiger partial charge in [0.1, 0.15) is 0 Å². The predicted octanol–water partition coefficient (Wildman–Crippen LogP) is 3.18. The lowest BCUT2D eigenvalue weighted by atomic mass is 9.92. The fourth-order valence-corrected chi connectivity index (χ4v) is 5.51. The standard InChI is InChI=1S/C31H37N5O3.ClH/c1-3-35-15-16-36(21-29(37)27-17-23-8-4-5-9-25(23)20-33-27)31(39)26-11-10-24(18-28(26)35)30(38)34(2)14-12-22-7-6-13-32-19-22;/h4-11,13,18-19,27,29,33,37H,3,12,14-17,20-21H2,1-2H3;1H. The topological polar surface area (TPSA) is 89.0 Å². The molecule has 5 rings (SSSR count). The van der Waals surface area contributed by atoms with Crippen molar-refractivity contribution in [2.75, 3.05) is 44.7 Å². The molecule has 2 amide bonds. The minimum Gasteiger partial charge on any atom is -0.390 e. The highest BCUT2D eigenvalue weighted by Gasteiger charge is 2.31. The highest BCUT2D eigenvalue weighted by Crippen LogP contribution is 2.28. The van der Waals surface area contributed by atoms with Gasteiger partial charge in [-0.25, -0.2) is 0 Å². The first kappa shape index (κ1) is 29.5. The van der Waals surface area contributed by atoms with Gasteiger partial charge in [0.05, 0.1) is 17.4 Å². The first-order chi connectivity index (χ1) is 18.9. The third-order valence-electron chi connectivity index (χ3n) is 7.91. The van der Waals surface area contributed by atoms with Gasteiger partial charge in [0.2, 0.25) is 0 Å². The molecule has 2 aromatic carbocycles. The lowest BCUT2D eigenvalue weighted by Gasteiger charge is -2.33. The fourth-order valence-electron chi connectivity index (χ4n) is 5.51. The van der Waals surface area contributed by atoms with Crippen LogP contribution < -0.4 is 10.2 Å². The zero-order chi connectivity index (χ0) is 27.4. The van der Waals surface area contributed by atoms with E-state index in [0.717, 1.165) is 24.1 Å². The smallest absolute Gasteiger partial charge is 0.256 e. The number of carbonyl (C=O) groups is 2. The lowest BCUT2D eigenvalue weighted by molar-refractivity contribution is 0.0540. The predicted molar refractivity (Wildman–Crippen MR) is 159 cm³/mol. The van der Waals surface area contributed by atoms with E-state index in [-0.39, 0.29) is 36.8 Å². The molecule has 3 aromatic rings. The molecule has 2 N–H and O–H groups in total. The molecular formula is C31H38ClN5O3. The van der Waals surface area contributed by atoms with Crippen LogP contribution in [0.4, 0.5) is 5.69 Å². The molecule has 40 heavy (non-hydrogen) atoms. The highest BCUT2D eigenvalue weighted by atomic mass is 35.5. The zero-order valence-corrected chi connectivity index (χ0v) is 23.9. The van der Waals surface area contributed by atoms with Gasteiger partial charge in [-0.1, -0.05) is 30.3 Å². The second kappa shape index (κ2) is 13.3. The molecule has 3 heterocycles. The van der Waals surface area contributed by atoms with Crippen molar-refractivity contribution in [1.29, 1.82) is 0 Å². The van der Waals surface area contributed by atoms with Gasteiger partial charge >= 0.3 is 0 Å². The number of carbonyl (C=O) groups excluding carboxylic acids is 2. The fraction of sp³-hybridized carbons (Fsp3) is 0.387. The summed E-state index contributed by atoms with van der Waals surface area (Å²) in [6, 6.07) is 17.4. The van der Waals surface area contributed by atoms with E-state index in [9.17, 15) is 14.7 Å². The average molecular weight is 564 g/mol. The second-order valence-corrected chi connectivity index (χ2v) is 10.4. The van der Waals surface area contributed by atoms with Gasteiger partial charge in [-0.15, -0.1) is 12.4 Å². The third-order valence-corrected chi connectivity index (χ3v) is 7.91. The maximum absolute atomic E-state index is 13.7. The molecule has 0 saturated heterocycles. The Balaban J connectivity index is 0.00000370. The summed E-state index contributed by atoms with van der Waals surface area (Å²) in [5.41, 5.74) is 5.48. The van der Waals surface area contributed by atoms with Crippen LogP contribution in [-0.2, 0) is 19.4 Å². The average Bonchev–Trinajstić information content (AvgIpc) is 3.11. The Morgan fingerprint density at radius 1 is 1.12 bits per heavy atom. The first-order valence-corrected chi connectivity index (χ1v) is 13.8. The molecule has 0 saturated carbocycles. The molecule has 0 radical (unpaired) electrons. The number of hydrogen-bond donors (Lipinski definition) is 2. The normalized spacial score (nSPS) is 17.3. The van der Waals surface area contributed by atoms with E-state index in [1.807, 2.05) is 36.5 Å². The number of aromatic nitrogens is 1. The second-order valence-electron chi connectivity index (χ2n) is 10.4. The summed E-state index contributed by atoms with van der Waals surface area (Å²) in [5, 5.41) is 14.6. The number of fused-ring (bicyclic) bond motifs is 2. The maximum atomic E-state index is 13.7. The Morgan fingerprint density at radius 2 is 1.90 bits per heavy atom. The van der Waals surface area contributed by atoms with Crippen molar-refractivity contribution in [3.8, 4) is 0 Å². The molecule has 2 aliphatic rings. The van der Waals surface area contributed by atoms with Crippen LogP contribution >= 0.6 is 12.4 Å². The van der Waals surface area contributed by atoms with Crippen LogP contribution in [0.1, 0.15) is 44.3 Å². The van der Waals surface area contributed by atoms with Crippen LogP contribution in [0.15, 0.2) is 67.0 Å². The SMILES string of the molecule is CCN1CCN(CC(O)C2Cc3ccccc3CN2)C(=O)c2ccc(C(=O)N(C)CCc3cccnc3)cc21.Cl. The van der Waals surface area contributed by atoms with Crippen molar-refractivity contribution >= 4 is 29.9 Å². The van der Waals surface area contributed by atoms with Crippen LogP contribution in [0.25, 0.3) is 0 Å². The van der Waals surface area contributed by atoms with Crippen molar-refractivity contribution in [3.63, 3.8) is 0 Å². The van der Waals surface area contributed by atoms with Gasteiger partial charge < -0.3 is 25.1 Å². The molecular weight excluding hydrogens is 526 g/mol. The number of rotatable bonds is 8. The number of hydrogen-bond acceptors (Lipinski definition) is 6. The van der Waals surface area contributed by atoms with Crippen LogP contribution in [0, 0.1) is 0 Å². The minimum absolute atomic E-state index is 0. The van der Waals surface area contributed by atoms with Crippen molar-refractivity contribution in [2.24, 2.45) is 0 Å². The molecule has 9 heteroatoms. The van der Waals surface area contributed by atoms with Crippen molar-refractivity contribution in [1.82, 2.24) is 20.1 Å². The van der Waals surface area contributed by atoms with E-state index < -0.39 is 6.10 Å². The highest BCUT2D eigenvalue weighted by molar-refractivity contribution is 6.03. The van der Waals surface area contributed by atoms with E-state index in [4.69, 9.17) is 0 Å². The molecule has 1 aromatic heterocycles. The van der Waals surface area contributed by atoms with Gasteiger partial charge in [0.15, 0.2) is 0 Å². The number of amides is 2. The number of aliphatic hydroxyl groups excluding tert-OH is 1. The summed E-state index contributed by atoms with van der Waals surface area (Å²) in [4.78, 5) is 36.6. The summed E-state index contributed by atoms with van der Waals surface area (Å²) in [7, 11) is 1.80.